The van der Waals surface area contributed by atoms with Gasteiger partial charge >= 0.3 is 0 Å². The molecular weight excluding hydrogens is 241 g/mol. The molecule has 1 atom stereocenters. The van der Waals surface area contributed by atoms with Crippen LogP contribution in [0.25, 0.3) is 0 Å². The zero-order chi connectivity index (χ0) is 11.8. The summed E-state index contributed by atoms with van der Waals surface area (Å²) >= 11 is 0. The van der Waals surface area contributed by atoms with Crippen LogP contribution in [0.3, 0.4) is 0 Å². The van der Waals surface area contributed by atoms with Crippen LogP contribution in [0.15, 0.2) is 24.3 Å². The molecule has 1 fully saturated rings. The molecule has 1 aliphatic heterocycles. The SMILES string of the molecule is CC1(C)CNCCC1(O)c1ccc(F)cc1.Cl. The van der Waals surface area contributed by atoms with Crippen molar-refractivity contribution >= 4 is 12.4 Å². The van der Waals surface area contributed by atoms with E-state index in [0.29, 0.717) is 6.42 Å². The van der Waals surface area contributed by atoms with Crippen LogP contribution in [0.5, 0.6) is 0 Å². The normalized spacial score (nSPS) is 27.3. The first-order valence-electron chi connectivity index (χ1n) is 5.65. The highest BCUT2D eigenvalue weighted by molar-refractivity contribution is 5.85. The lowest BCUT2D eigenvalue weighted by Crippen LogP contribution is -2.53. The molecule has 1 aliphatic rings. The highest BCUT2D eigenvalue weighted by Crippen LogP contribution is 2.43. The topological polar surface area (TPSA) is 32.3 Å². The maximum Gasteiger partial charge on any atom is 0.123 e. The lowest BCUT2D eigenvalue weighted by atomic mass is 9.67. The molecule has 1 heterocycles. The Morgan fingerprint density at radius 3 is 2.35 bits per heavy atom. The number of hydrogen-bond acceptors (Lipinski definition) is 2. The molecule has 17 heavy (non-hydrogen) atoms. The predicted molar refractivity (Wildman–Crippen MR) is 68.8 cm³/mol. The summed E-state index contributed by atoms with van der Waals surface area (Å²) in [7, 11) is 0. The smallest absolute Gasteiger partial charge is 0.123 e. The molecule has 0 spiro atoms. The minimum Gasteiger partial charge on any atom is -0.385 e. The Labute approximate surface area is 108 Å². The Balaban J connectivity index is 0.00000144. The van der Waals surface area contributed by atoms with E-state index in [-0.39, 0.29) is 23.6 Å². The summed E-state index contributed by atoms with van der Waals surface area (Å²) < 4.78 is 12.9. The summed E-state index contributed by atoms with van der Waals surface area (Å²) in [6.07, 6.45) is 0.658. The van der Waals surface area contributed by atoms with Crippen LogP contribution in [0, 0.1) is 11.2 Å². The minimum atomic E-state index is -0.869. The molecule has 0 radical (unpaired) electrons. The average molecular weight is 260 g/mol. The van der Waals surface area contributed by atoms with Crippen molar-refractivity contribution in [2.75, 3.05) is 13.1 Å². The third-order valence-corrected chi connectivity index (χ3v) is 3.67. The van der Waals surface area contributed by atoms with E-state index in [1.807, 2.05) is 13.8 Å². The van der Waals surface area contributed by atoms with E-state index in [1.54, 1.807) is 12.1 Å². The van der Waals surface area contributed by atoms with Crippen molar-refractivity contribution in [3.8, 4) is 0 Å². The fourth-order valence-corrected chi connectivity index (χ4v) is 2.42. The number of nitrogens with one attached hydrogen (secondary N) is 1. The molecule has 2 nitrogen and oxygen atoms in total. The van der Waals surface area contributed by atoms with Crippen LogP contribution in [-0.2, 0) is 5.60 Å². The minimum absolute atomic E-state index is 0. The van der Waals surface area contributed by atoms with Gasteiger partial charge in [0, 0.05) is 12.0 Å². The summed E-state index contributed by atoms with van der Waals surface area (Å²) in [4.78, 5) is 0. The van der Waals surface area contributed by atoms with Gasteiger partial charge in [0.05, 0.1) is 5.60 Å². The first kappa shape index (κ1) is 14.4. The first-order chi connectivity index (χ1) is 7.46. The third-order valence-electron chi connectivity index (χ3n) is 3.67. The molecule has 96 valence electrons. The van der Waals surface area contributed by atoms with Crippen molar-refractivity contribution in [1.82, 2.24) is 5.32 Å². The van der Waals surface area contributed by atoms with Gasteiger partial charge in [-0.15, -0.1) is 12.4 Å². The van der Waals surface area contributed by atoms with E-state index in [9.17, 15) is 9.50 Å². The number of benzene rings is 1. The van der Waals surface area contributed by atoms with Crippen molar-refractivity contribution in [2.45, 2.75) is 25.9 Å². The van der Waals surface area contributed by atoms with E-state index in [4.69, 9.17) is 0 Å². The van der Waals surface area contributed by atoms with Gasteiger partial charge in [-0.05, 0) is 30.7 Å². The fourth-order valence-electron chi connectivity index (χ4n) is 2.42. The van der Waals surface area contributed by atoms with Gasteiger partial charge in [-0.1, -0.05) is 26.0 Å². The maximum atomic E-state index is 12.9. The van der Waals surface area contributed by atoms with Gasteiger partial charge in [0.15, 0.2) is 0 Å². The number of halogens is 2. The lowest BCUT2D eigenvalue weighted by molar-refractivity contribution is -0.0945. The van der Waals surface area contributed by atoms with Crippen molar-refractivity contribution in [3.63, 3.8) is 0 Å². The molecule has 0 amide bonds. The van der Waals surface area contributed by atoms with Crippen LogP contribution in [0.4, 0.5) is 4.39 Å². The molecule has 4 heteroatoms. The second-order valence-electron chi connectivity index (χ2n) is 5.18. The molecule has 2 N–H and O–H groups in total. The standard InChI is InChI=1S/C13H18FNO.ClH/c1-12(2)9-15-8-7-13(12,16)10-3-5-11(14)6-4-10;/h3-6,15-16H,7-9H2,1-2H3;1H. The van der Waals surface area contributed by atoms with E-state index >= 15 is 0 Å². The summed E-state index contributed by atoms with van der Waals surface area (Å²) in [5.41, 5.74) is -0.310. The Kier molecular flexibility index (Phi) is 4.18. The van der Waals surface area contributed by atoms with Gasteiger partial charge < -0.3 is 10.4 Å². The molecule has 1 saturated heterocycles. The summed E-state index contributed by atoms with van der Waals surface area (Å²) in [5, 5.41) is 14.1. The highest BCUT2D eigenvalue weighted by atomic mass is 35.5. The van der Waals surface area contributed by atoms with Crippen molar-refractivity contribution < 1.29 is 9.50 Å². The van der Waals surface area contributed by atoms with E-state index in [2.05, 4.69) is 5.32 Å². The van der Waals surface area contributed by atoms with Crippen molar-refractivity contribution in [3.05, 3.63) is 35.6 Å². The third kappa shape index (κ3) is 2.46. The van der Waals surface area contributed by atoms with Crippen LogP contribution in [0.2, 0.25) is 0 Å². The molecule has 1 aromatic rings. The quantitative estimate of drug-likeness (QED) is 0.812. The van der Waals surface area contributed by atoms with E-state index < -0.39 is 5.60 Å². The molecule has 0 aliphatic carbocycles. The second-order valence-corrected chi connectivity index (χ2v) is 5.18. The van der Waals surface area contributed by atoms with E-state index in [1.165, 1.54) is 12.1 Å². The molecule has 0 saturated carbocycles. The van der Waals surface area contributed by atoms with Gasteiger partial charge in [0.25, 0.3) is 0 Å². The Morgan fingerprint density at radius 1 is 1.24 bits per heavy atom. The van der Waals surface area contributed by atoms with Crippen LogP contribution in [-0.4, -0.2) is 18.2 Å². The summed E-state index contributed by atoms with van der Waals surface area (Å²) in [6, 6.07) is 6.18. The molecule has 0 aromatic heterocycles. The van der Waals surface area contributed by atoms with Crippen molar-refractivity contribution in [1.29, 1.82) is 0 Å². The van der Waals surface area contributed by atoms with Gasteiger partial charge in [0.1, 0.15) is 5.82 Å². The molecule has 1 aromatic carbocycles. The summed E-state index contributed by atoms with van der Waals surface area (Å²) in [5.74, 6) is -0.265. The Bertz CT molecular complexity index is 380. The number of piperidine rings is 1. The van der Waals surface area contributed by atoms with Crippen LogP contribution >= 0.6 is 12.4 Å². The first-order valence-corrected chi connectivity index (χ1v) is 5.65. The Hall–Kier alpha value is -0.640. The zero-order valence-corrected chi connectivity index (χ0v) is 11.0. The van der Waals surface area contributed by atoms with Gasteiger partial charge in [-0.3, -0.25) is 0 Å². The number of aliphatic hydroxyl groups is 1. The van der Waals surface area contributed by atoms with Gasteiger partial charge in [0.2, 0.25) is 0 Å². The van der Waals surface area contributed by atoms with Crippen LogP contribution in [0.1, 0.15) is 25.8 Å². The fraction of sp³-hybridized carbons (Fsp3) is 0.538. The Morgan fingerprint density at radius 2 is 1.82 bits per heavy atom. The van der Waals surface area contributed by atoms with Gasteiger partial charge in [-0.25, -0.2) is 4.39 Å². The monoisotopic (exact) mass is 259 g/mol. The van der Waals surface area contributed by atoms with Gasteiger partial charge in [-0.2, -0.15) is 0 Å². The lowest BCUT2D eigenvalue weighted by Gasteiger charge is -2.47. The van der Waals surface area contributed by atoms with Crippen LogP contribution < -0.4 is 5.32 Å². The number of hydrogen-bond donors (Lipinski definition) is 2. The zero-order valence-electron chi connectivity index (χ0n) is 10.2. The highest BCUT2D eigenvalue weighted by Gasteiger charge is 2.46. The molecule has 1 unspecified atom stereocenters. The molecular formula is C13H19ClFNO. The van der Waals surface area contributed by atoms with Crippen molar-refractivity contribution in [2.24, 2.45) is 5.41 Å². The summed E-state index contributed by atoms with van der Waals surface area (Å²) in [6.45, 7) is 5.61. The number of rotatable bonds is 1. The molecule has 0 bridgehead atoms. The molecule has 2 rings (SSSR count). The van der Waals surface area contributed by atoms with E-state index in [0.717, 1.165) is 18.7 Å². The second kappa shape index (κ2) is 4.92. The average Bonchev–Trinajstić information content (AvgIpc) is 2.23. The largest absolute Gasteiger partial charge is 0.385 e. The predicted octanol–water partition coefficient (Wildman–Crippen LogP) is 2.45. The maximum absolute atomic E-state index is 12.9.